The Balaban J connectivity index is 1.88. The van der Waals surface area contributed by atoms with Crippen molar-refractivity contribution in [2.75, 3.05) is 11.5 Å². The van der Waals surface area contributed by atoms with Gasteiger partial charge in [-0.3, -0.25) is 14.5 Å². The number of nitrogens with zero attached hydrogens (tertiary/aromatic N) is 2. The topological polar surface area (TPSA) is 96.8 Å². The molecule has 1 aliphatic rings. The molecule has 7 nitrogen and oxygen atoms in total. The Bertz CT molecular complexity index is 1360. The largest absolute Gasteiger partial charge is 0.507 e. The molecule has 1 fully saturated rings. The molecule has 35 heavy (non-hydrogen) atoms. The summed E-state index contributed by atoms with van der Waals surface area (Å²) in [6, 6.07) is 11.1. The minimum atomic E-state index is -1.01. The van der Waals surface area contributed by atoms with Gasteiger partial charge in [0.25, 0.3) is 5.78 Å². The zero-order valence-corrected chi connectivity index (χ0v) is 19.8. The number of esters is 1. The summed E-state index contributed by atoms with van der Waals surface area (Å²) in [5, 5.41) is 11.2. The Kier molecular flexibility index (Phi) is 6.61. The first kappa shape index (κ1) is 24.0. The highest BCUT2D eigenvalue weighted by molar-refractivity contribution is 7.17. The summed E-state index contributed by atoms with van der Waals surface area (Å²) in [5.41, 5.74) is 1.88. The zero-order valence-electron chi connectivity index (χ0n) is 18.9. The summed E-state index contributed by atoms with van der Waals surface area (Å²) in [4.78, 5) is 44.6. The predicted octanol–water partition coefficient (Wildman–Crippen LogP) is 4.87. The van der Waals surface area contributed by atoms with E-state index in [-0.39, 0.29) is 27.8 Å². The second kappa shape index (κ2) is 9.63. The summed E-state index contributed by atoms with van der Waals surface area (Å²) >= 11 is 0.913. The van der Waals surface area contributed by atoms with Crippen molar-refractivity contribution < 1.29 is 28.6 Å². The van der Waals surface area contributed by atoms with Gasteiger partial charge >= 0.3 is 11.9 Å². The lowest BCUT2D eigenvalue weighted by Crippen LogP contribution is -2.29. The Morgan fingerprint density at radius 2 is 1.83 bits per heavy atom. The monoisotopic (exact) mass is 492 g/mol. The summed E-state index contributed by atoms with van der Waals surface area (Å²) < 4.78 is 18.5. The third kappa shape index (κ3) is 4.50. The Morgan fingerprint density at radius 3 is 2.46 bits per heavy atom. The van der Waals surface area contributed by atoms with Crippen molar-refractivity contribution in [3.8, 4) is 0 Å². The molecular weight excluding hydrogens is 471 g/mol. The van der Waals surface area contributed by atoms with Crippen LogP contribution in [0.3, 0.4) is 0 Å². The standard InChI is InChI=1S/C26H21FN2O5S/c1-4-13-34-25(33)23-15(3)28-26(35-23)29-20(16-7-5-14(2)6-8-16)19(22(31)24(29)32)21(30)17-9-11-18(27)12-10-17/h4-12,20,30H,1,13H2,2-3H3/b21-19+. The highest BCUT2D eigenvalue weighted by atomic mass is 32.1. The number of amides is 1. The first-order chi connectivity index (χ1) is 16.7. The predicted molar refractivity (Wildman–Crippen MR) is 130 cm³/mol. The number of carbonyl (C=O) groups excluding carboxylic acids is 3. The summed E-state index contributed by atoms with van der Waals surface area (Å²) in [6.07, 6.45) is 1.43. The van der Waals surface area contributed by atoms with Crippen LogP contribution in [0.5, 0.6) is 0 Å². The van der Waals surface area contributed by atoms with Crippen LogP contribution in [0, 0.1) is 19.7 Å². The lowest BCUT2D eigenvalue weighted by Gasteiger charge is -2.23. The van der Waals surface area contributed by atoms with Gasteiger partial charge in [-0.15, -0.1) is 0 Å². The highest BCUT2D eigenvalue weighted by Gasteiger charge is 2.48. The van der Waals surface area contributed by atoms with E-state index >= 15 is 0 Å². The van der Waals surface area contributed by atoms with Gasteiger partial charge in [0.05, 0.1) is 17.3 Å². The molecule has 0 radical (unpaired) electrons. The number of anilines is 1. The molecule has 4 rings (SSSR count). The van der Waals surface area contributed by atoms with Crippen LogP contribution in [0.25, 0.3) is 5.76 Å². The van der Waals surface area contributed by atoms with Crippen molar-refractivity contribution in [2.45, 2.75) is 19.9 Å². The van der Waals surface area contributed by atoms with E-state index in [1.807, 2.05) is 19.1 Å². The molecule has 9 heteroatoms. The number of aliphatic hydroxyl groups excluding tert-OH is 1. The van der Waals surface area contributed by atoms with E-state index in [4.69, 9.17) is 4.74 Å². The number of halogens is 1. The first-order valence-corrected chi connectivity index (χ1v) is 11.4. The molecule has 2 aromatic carbocycles. The van der Waals surface area contributed by atoms with Gasteiger partial charge in [-0.05, 0) is 43.7 Å². The van der Waals surface area contributed by atoms with Gasteiger partial charge in [0.15, 0.2) is 5.13 Å². The van der Waals surface area contributed by atoms with Gasteiger partial charge in [-0.1, -0.05) is 53.8 Å². The van der Waals surface area contributed by atoms with E-state index in [2.05, 4.69) is 11.6 Å². The molecule has 0 aliphatic carbocycles. The second-order valence-electron chi connectivity index (χ2n) is 7.88. The van der Waals surface area contributed by atoms with Gasteiger partial charge in [0, 0.05) is 5.56 Å². The first-order valence-electron chi connectivity index (χ1n) is 10.6. The number of aliphatic hydroxyl groups is 1. The van der Waals surface area contributed by atoms with Gasteiger partial charge in [0.1, 0.15) is 23.1 Å². The van der Waals surface area contributed by atoms with E-state index in [9.17, 15) is 23.9 Å². The van der Waals surface area contributed by atoms with E-state index in [1.54, 1.807) is 19.1 Å². The highest BCUT2D eigenvalue weighted by Crippen LogP contribution is 2.44. The van der Waals surface area contributed by atoms with Gasteiger partial charge in [0.2, 0.25) is 0 Å². The minimum absolute atomic E-state index is 0.0110. The molecule has 1 N–H and O–H groups in total. The lowest BCUT2D eigenvalue weighted by molar-refractivity contribution is -0.132. The fraction of sp³-hybridized carbons (Fsp3) is 0.154. The number of ether oxygens (including phenoxy) is 1. The van der Waals surface area contributed by atoms with Crippen LogP contribution < -0.4 is 4.90 Å². The van der Waals surface area contributed by atoms with Crippen molar-refractivity contribution in [3.05, 3.63) is 99.8 Å². The van der Waals surface area contributed by atoms with E-state index in [0.29, 0.717) is 11.3 Å². The molecule has 0 saturated carbocycles. The SMILES string of the molecule is C=CCOC(=O)c1sc(N2C(=O)C(=O)/C(=C(/O)c3ccc(F)cc3)C2c2ccc(C)cc2)nc1C. The summed E-state index contributed by atoms with van der Waals surface area (Å²) in [5.74, 6) is -3.39. The molecule has 0 bridgehead atoms. The normalized spacial score (nSPS) is 17.0. The fourth-order valence-electron chi connectivity index (χ4n) is 3.73. The number of hydrogen-bond donors (Lipinski definition) is 1. The number of Topliss-reactive ketones (excluding diaryl/α,β-unsaturated/α-hetero) is 1. The molecule has 1 aromatic heterocycles. The van der Waals surface area contributed by atoms with Gasteiger partial charge in [-0.2, -0.15) is 0 Å². The van der Waals surface area contributed by atoms with Crippen LogP contribution in [-0.2, 0) is 14.3 Å². The van der Waals surface area contributed by atoms with Crippen LogP contribution in [-0.4, -0.2) is 34.4 Å². The number of thiazole rings is 1. The zero-order chi connectivity index (χ0) is 25.3. The third-order valence-electron chi connectivity index (χ3n) is 5.46. The van der Waals surface area contributed by atoms with Crippen molar-refractivity contribution in [1.29, 1.82) is 0 Å². The number of rotatable bonds is 6. The molecule has 178 valence electrons. The van der Waals surface area contributed by atoms with E-state index < -0.39 is 35.3 Å². The van der Waals surface area contributed by atoms with Crippen molar-refractivity contribution in [1.82, 2.24) is 4.98 Å². The molecule has 1 saturated heterocycles. The molecule has 1 amide bonds. The molecule has 2 heterocycles. The van der Waals surface area contributed by atoms with Gasteiger partial charge in [-0.25, -0.2) is 14.2 Å². The Labute approximate surface area is 204 Å². The number of hydrogen-bond acceptors (Lipinski definition) is 7. The van der Waals surface area contributed by atoms with E-state index in [1.165, 1.54) is 23.1 Å². The number of ketones is 1. The van der Waals surface area contributed by atoms with E-state index in [0.717, 1.165) is 29.0 Å². The number of benzene rings is 2. The fourth-order valence-corrected chi connectivity index (χ4v) is 4.72. The molecule has 1 atom stereocenters. The molecule has 0 spiro atoms. The average molecular weight is 493 g/mol. The quantitative estimate of drug-likeness (QED) is 0.173. The van der Waals surface area contributed by atoms with Crippen LogP contribution >= 0.6 is 11.3 Å². The van der Waals surface area contributed by atoms with Crippen molar-refractivity contribution in [2.24, 2.45) is 0 Å². The van der Waals surface area contributed by atoms with Crippen LogP contribution in [0.4, 0.5) is 9.52 Å². The number of carbonyl (C=O) groups is 3. The Morgan fingerprint density at radius 1 is 1.17 bits per heavy atom. The number of aromatic nitrogens is 1. The van der Waals surface area contributed by atoms with Gasteiger partial charge < -0.3 is 9.84 Å². The molecule has 1 aliphatic heterocycles. The Hall–Kier alpha value is -4.11. The maximum Gasteiger partial charge on any atom is 0.350 e. The second-order valence-corrected chi connectivity index (χ2v) is 8.86. The third-order valence-corrected chi connectivity index (χ3v) is 6.60. The van der Waals surface area contributed by atoms with Crippen LogP contribution in [0.15, 0.2) is 66.8 Å². The van der Waals surface area contributed by atoms with Crippen LogP contribution in [0.1, 0.15) is 38.1 Å². The van der Waals surface area contributed by atoms with Crippen molar-refractivity contribution >= 4 is 39.9 Å². The molecule has 1 unspecified atom stereocenters. The van der Waals surface area contributed by atoms with Crippen LogP contribution in [0.2, 0.25) is 0 Å². The maximum atomic E-state index is 13.4. The smallest absolute Gasteiger partial charge is 0.350 e. The maximum absolute atomic E-state index is 13.4. The summed E-state index contributed by atoms with van der Waals surface area (Å²) in [7, 11) is 0. The van der Waals surface area contributed by atoms with Crippen molar-refractivity contribution in [3.63, 3.8) is 0 Å². The molecule has 3 aromatic rings. The summed E-state index contributed by atoms with van der Waals surface area (Å²) in [6.45, 7) is 7.01. The lowest BCUT2D eigenvalue weighted by atomic mass is 9.95. The number of aryl methyl sites for hydroxylation is 2. The average Bonchev–Trinajstić information content (AvgIpc) is 3.35. The molecular formula is C26H21FN2O5S. The minimum Gasteiger partial charge on any atom is -0.507 e.